The zero-order valence-corrected chi connectivity index (χ0v) is 15.7. The van der Waals surface area contributed by atoms with Crippen molar-refractivity contribution in [3.05, 3.63) is 23.8 Å². The first-order chi connectivity index (χ1) is 11.6. The minimum Gasteiger partial charge on any atom is -0.480 e. The van der Waals surface area contributed by atoms with Gasteiger partial charge < -0.3 is 5.11 Å². The van der Waals surface area contributed by atoms with Gasteiger partial charge in [-0.15, -0.1) is 0 Å². The number of aryl methyl sites for hydroxylation is 1. The van der Waals surface area contributed by atoms with Gasteiger partial charge in [-0.05, 0) is 44.4 Å². The summed E-state index contributed by atoms with van der Waals surface area (Å²) in [5.74, 6) is -1.32. The molecule has 1 aromatic carbocycles. The van der Waals surface area contributed by atoms with Crippen LogP contribution >= 0.6 is 0 Å². The van der Waals surface area contributed by atoms with Crippen molar-refractivity contribution < 1.29 is 26.7 Å². The van der Waals surface area contributed by atoms with Crippen LogP contribution in [0.5, 0.6) is 0 Å². The van der Waals surface area contributed by atoms with Crippen LogP contribution in [-0.2, 0) is 24.8 Å². The molecule has 1 fully saturated rings. The molecule has 0 amide bonds. The summed E-state index contributed by atoms with van der Waals surface area (Å²) in [6, 6.07) is 2.45. The Morgan fingerprint density at radius 1 is 1.16 bits per heavy atom. The second-order valence-electron chi connectivity index (χ2n) is 6.07. The third kappa shape index (κ3) is 4.38. The van der Waals surface area contributed by atoms with Crippen molar-refractivity contribution in [2.75, 3.05) is 13.1 Å². The second-order valence-corrected chi connectivity index (χ2v) is 9.69. The van der Waals surface area contributed by atoms with Gasteiger partial charge in [0.2, 0.25) is 20.0 Å². The fourth-order valence-corrected chi connectivity index (χ4v) is 5.69. The van der Waals surface area contributed by atoms with Gasteiger partial charge in [-0.2, -0.15) is 9.03 Å². The highest BCUT2D eigenvalue weighted by molar-refractivity contribution is 7.90. The molecule has 1 saturated heterocycles. The number of piperidine rings is 1. The fourth-order valence-electron chi connectivity index (χ4n) is 2.62. The number of nitrogens with one attached hydrogen (secondary N) is 1. The minimum absolute atomic E-state index is 0.0692. The van der Waals surface area contributed by atoms with Gasteiger partial charge in [0.05, 0.1) is 9.79 Å². The molecule has 0 unspecified atom stereocenters. The largest absolute Gasteiger partial charge is 0.480 e. The van der Waals surface area contributed by atoms with Gasteiger partial charge in [0.15, 0.2) is 0 Å². The van der Waals surface area contributed by atoms with Gasteiger partial charge in [0.1, 0.15) is 6.04 Å². The van der Waals surface area contributed by atoms with Gasteiger partial charge in [0.25, 0.3) is 0 Å². The lowest BCUT2D eigenvalue weighted by Crippen LogP contribution is -2.38. The molecule has 2 rings (SSSR count). The van der Waals surface area contributed by atoms with Crippen LogP contribution in [0.1, 0.15) is 31.7 Å². The third-order valence-corrected chi connectivity index (χ3v) is 7.68. The summed E-state index contributed by atoms with van der Waals surface area (Å²) < 4.78 is 53.7. The smallest absolute Gasteiger partial charge is 0.321 e. The van der Waals surface area contributed by atoms with Crippen LogP contribution in [0.2, 0.25) is 0 Å². The van der Waals surface area contributed by atoms with E-state index >= 15 is 0 Å². The average Bonchev–Trinajstić information content (AvgIpc) is 2.55. The lowest BCUT2D eigenvalue weighted by atomic mass is 10.2. The highest BCUT2D eigenvalue weighted by Gasteiger charge is 2.29. The van der Waals surface area contributed by atoms with E-state index in [0.29, 0.717) is 18.7 Å². The summed E-state index contributed by atoms with van der Waals surface area (Å²) in [7, 11) is -7.94. The van der Waals surface area contributed by atoms with Crippen molar-refractivity contribution in [3.63, 3.8) is 0 Å². The number of carboxylic acid groups (broad SMARTS) is 1. The summed E-state index contributed by atoms with van der Waals surface area (Å²) in [6.07, 6.45) is 2.51. The molecule has 1 aliphatic heterocycles. The first kappa shape index (κ1) is 19.8. The minimum atomic E-state index is -4.15. The van der Waals surface area contributed by atoms with Crippen LogP contribution in [-0.4, -0.2) is 51.3 Å². The number of nitrogens with zero attached hydrogens (tertiary/aromatic N) is 1. The highest BCUT2D eigenvalue weighted by atomic mass is 32.2. The van der Waals surface area contributed by atoms with E-state index in [1.807, 2.05) is 4.72 Å². The molecule has 1 aliphatic rings. The van der Waals surface area contributed by atoms with Gasteiger partial charge in [-0.3, -0.25) is 4.79 Å². The lowest BCUT2D eigenvalue weighted by molar-refractivity contribution is -0.138. The SMILES string of the molecule is Cc1ccc(S(=O)(=O)N[C@@H](C)C(=O)O)cc1S(=O)(=O)N1CCCCC1. The number of carboxylic acids is 1. The molecule has 1 heterocycles. The number of benzene rings is 1. The predicted octanol–water partition coefficient (Wildman–Crippen LogP) is 0.921. The molecule has 25 heavy (non-hydrogen) atoms. The van der Waals surface area contributed by atoms with E-state index in [1.54, 1.807) is 6.92 Å². The first-order valence-electron chi connectivity index (χ1n) is 7.91. The highest BCUT2D eigenvalue weighted by Crippen LogP contribution is 2.25. The van der Waals surface area contributed by atoms with Crippen LogP contribution in [0.4, 0.5) is 0 Å². The molecule has 0 saturated carbocycles. The van der Waals surface area contributed by atoms with Crippen LogP contribution in [0.25, 0.3) is 0 Å². The molecule has 2 N–H and O–H groups in total. The topological polar surface area (TPSA) is 121 Å². The van der Waals surface area contributed by atoms with Crippen LogP contribution < -0.4 is 4.72 Å². The Morgan fingerprint density at radius 2 is 1.76 bits per heavy atom. The molecular weight excluding hydrogens is 368 g/mol. The summed E-state index contributed by atoms with van der Waals surface area (Å²) in [4.78, 5) is 10.5. The maximum atomic E-state index is 12.8. The first-order valence-corrected chi connectivity index (χ1v) is 10.8. The number of sulfonamides is 2. The summed E-state index contributed by atoms with van der Waals surface area (Å²) in [5.41, 5.74) is 0.441. The van der Waals surface area contributed by atoms with Crippen molar-refractivity contribution in [2.45, 2.75) is 48.9 Å². The number of aliphatic carboxylic acids is 1. The van der Waals surface area contributed by atoms with Gasteiger partial charge in [-0.1, -0.05) is 12.5 Å². The fraction of sp³-hybridized carbons (Fsp3) is 0.533. The van der Waals surface area contributed by atoms with E-state index < -0.39 is 32.1 Å². The molecule has 1 aromatic rings. The zero-order valence-electron chi connectivity index (χ0n) is 14.1. The Bertz CT molecular complexity index is 858. The second kappa shape index (κ2) is 7.40. The van der Waals surface area contributed by atoms with Gasteiger partial charge in [0, 0.05) is 13.1 Å². The van der Waals surface area contributed by atoms with E-state index in [2.05, 4.69) is 0 Å². The zero-order chi connectivity index (χ0) is 18.8. The number of rotatable bonds is 6. The monoisotopic (exact) mass is 390 g/mol. The Kier molecular flexibility index (Phi) is 5.87. The number of hydrogen-bond acceptors (Lipinski definition) is 5. The van der Waals surface area contributed by atoms with Gasteiger partial charge in [-0.25, -0.2) is 16.8 Å². The summed E-state index contributed by atoms with van der Waals surface area (Å²) >= 11 is 0. The Morgan fingerprint density at radius 3 is 2.32 bits per heavy atom. The average molecular weight is 390 g/mol. The normalized spacial score (nSPS) is 18.0. The third-order valence-electron chi connectivity index (χ3n) is 4.11. The molecule has 0 aromatic heterocycles. The molecule has 0 spiro atoms. The predicted molar refractivity (Wildman–Crippen MR) is 91.2 cm³/mol. The lowest BCUT2D eigenvalue weighted by Gasteiger charge is -2.26. The summed E-state index contributed by atoms with van der Waals surface area (Å²) in [5, 5.41) is 8.86. The van der Waals surface area contributed by atoms with E-state index in [0.717, 1.165) is 25.3 Å². The van der Waals surface area contributed by atoms with Crippen molar-refractivity contribution in [3.8, 4) is 0 Å². The molecule has 140 valence electrons. The quantitative estimate of drug-likeness (QED) is 0.745. The molecular formula is C15H22N2O6S2. The van der Waals surface area contributed by atoms with Gasteiger partial charge >= 0.3 is 5.97 Å². The molecule has 10 heteroatoms. The standard InChI is InChI=1S/C15H22N2O6S2/c1-11-6-7-13(24(20,21)16-12(2)15(18)19)10-14(11)25(22,23)17-8-4-3-5-9-17/h6-7,10,12,16H,3-5,8-9H2,1-2H3,(H,18,19)/t12-/m0/s1. The van der Waals surface area contributed by atoms with Crippen molar-refractivity contribution in [2.24, 2.45) is 0 Å². The van der Waals surface area contributed by atoms with E-state index in [1.165, 1.54) is 23.4 Å². The molecule has 0 bridgehead atoms. The van der Waals surface area contributed by atoms with E-state index in [-0.39, 0.29) is 9.79 Å². The van der Waals surface area contributed by atoms with Crippen LogP contribution in [0.15, 0.2) is 28.0 Å². The maximum Gasteiger partial charge on any atom is 0.321 e. The van der Waals surface area contributed by atoms with Crippen LogP contribution in [0.3, 0.4) is 0 Å². The molecule has 0 radical (unpaired) electrons. The Hall–Kier alpha value is -1.49. The number of hydrogen-bond donors (Lipinski definition) is 2. The van der Waals surface area contributed by atoms with Crippen molar-refractivity contribution in [1.82, 2.24) is 9.03 Å². The van der Waals surface area contributed by atoms with Crippen LogP contribution in [0, 0.1) is 6.92 Å². The van der Waals surface area contributed by atoms with E-state index in [9.17, 15) is 21.6 Å². The van der Waals surface area contributed by atoms with Crippen molar-refractivity contribution in [1.29, 1.82) is 0 Å². The van der Waals surface area contributed by atoms with E-state index in [4.69, 9.17) is 5.11 Å². The molecule has 0 aliphatic carbocycles. The Balaban J connectivity index is 2.42. The maximum absolute atomic E-state index is 12.8. The van der Waals surface area contributed by atoms with Crippen molar-refractivity contribution >= 4 is 26.0 Å². The molecule has 8 nitrogen and oxygen atoms in total. The molecule has 1 atom stereocenters. The number of carbonyl (C=O) groups is 1. The Labute approximate surface area is 147 Å². The summed E-state index contributed by atoms with van der Waals surface area (Å²) in [6.45, 7) is 3.61.